The van der Waals surface area contributed by atoms with Crippen molar-refractivity contribution < 1.29 is 5.11 Å². The molecule has 3 unspecified atom stereocenters. The Labute approximate surface area is 127 Å². The second kappa shape index (κ2) is 5.71. The Balaban J connectivity index is 1.90. The zero-order valence-corrected chi connectivity index (χ0v) is 13.1. The normalized spacial score (nSPS) is 32.2. The fourth-order valence-electron chi connectivity index (χ4n) is 4.38. The third kappa shape index (κ3) is 2.52. The van der Waals surface area contributed by atoms with Crippen LogP contribution < -0.4 is 11.1 Å². The van der Waals surface area contributed by atoms with Gasteiger partial charge in [-0.15, -0.1) is 0 Å². The van der Waals surface area contributed by atoms with Crippen molar-refractivity contribution in [2.45, 2.75) is 44.6 Å². The minimum Gasteiger partial charge on any atom is -0.389 e. The molecule has 4 N–H and O–H groups in total. The van der Waals surface area contributed by atoms with Gasteiger partial charge in [-0.1, -0.05) is 24.3 Å². The molecular formula is C18H28N2O. The predicted molar refractivity (Wildman–Crippen MR) is 86.2 cm³/mol. The highest BCUT2D eigenvalue weighted by Crippen LogP contribution is 2.47. The van der Waals surface area contributed by atoms with E-state index in [0.29, 0.717) is 12.5 Å². The Morgan fingerprint density at radius 3 is 2.81 bits per heavy atom. The number of nitrogens with two attached hydrogens (primary N) is 1. The van der Waals surface area contributed by atoms with Crippen LogP contribution in [0.15, 0.2) is 24.3 Å². The van der Waals surface area contributed by atoms with E-state index in [-0.39, 0.29) is 5.41 Å². The lowest BCUT2D eigenvalue weighted by Gasteiger charge is -2.52. The number of hydrogen-bond donors (Lipinski definition) is 3. The fraction of sp³-hybridized carbons (Fsp3) is 0.667. The van der Waals surface area contributed by atoms with Crippen LogP contribution in [0, 0.1) is 11.3 Å². The summed E-state index contributed by atoms with van der Waals surface area (Å²) in [7, 11) is 0. The number of hydrogen-bond acceptors (Lipinski definition) is 3. The van der Waals surface area contributed by atoms with E-state index in [1.165, 1.54) is 11.1 Å². The average molecular weight is 288 g/mol. The third-order valence-corrected chi connectivity index (χ3v) is 6.08. The largest absolute Gasteiger partial charge is 0.389 e. The van der Waals surface area contributed by atoms with Crippen molar-refractivity contribution in [3.8, 4) is 0 Å². The van der Waals surface area contributed by atoms with E-state index < -0.39 is 5.60 Å². The lowest BCUT2D eigenvalue weighted by molar-refractivity contribution is -0.121. The van der Waals surface area contributed by atoms with Crippen LogP contribution in [-0.4, -0.2) is 30.3 Å². The first kappa shape index (κ1) is 15.0. The first-order valence-corrected chi connectivity index (χ1v) is 8.29. The molecule has 1 aliphatic heterocycles. The van der Waals surface area contributed by atoms with Crippen molar-refractivity contribution in [3.63, 3.8) is 0 Å². The molecular weight excluding hydrogens is 260 g/mol. The summed E-state index contributed by atoms with van der Waals surface area (Å²) in [5.74, 6) is 0.306. The van der Waals surface area contributed by atoms with E-state index in [0.717, 1.165) is 45.2 Å². The second-order valence-corrected chi connectivity index (χ2v) is 7.12. The van der Waals surface area contributed by atoms with E-state index in [4.69, 9.17) is 5.73 Å². The molecule has 3 rings (SSSR count). The van der Waals surface area contributed by atoms with Crippen molar-refractivity contribution in [2.24, 2.45) is 17.1 Å². The molecule has 3 nitrogen and oxygen atoms in total. The fourth-order valence-corrected chi connectivity index (χ4v) is 4.38. The SMILES string of the molecule is CC(O)(C1CCCNC1)C1(CN)CCc2ccccc2C1. The lowest BCUT2D eigenvalue weighted by Crippen LogP contribution is -2.60. The van der Waals surface area contributed by atoms with Gasteiger partial charge in [0, 0.05) is 24.4 Å². The van der Waals surface area contributed by atoms with Crippen molar-refractivity contribution in [3.05, 3.63) is 35.4 Å². The van der Waals surface area contributed by atoms with Gasteiger partial charge in [-0.25, -0.2) is 0 Å². The van der Waals surface area contributed by atoms with Crippen LogP contribution in [0.5, 0.6) is 0 Å². The van der Waals surface area contributed by atoms with Crippen LogP contribution in [0.25, 0.3) is 0 Å². The Morgan fingerprint density at radius 2 is 2.14 bits per heavy atom. The summed E-state index contributed by atoms with van der Waals surface area (Å²) in [6, 6.07) is 8.63. The first-order chi connectivity index (χ1) is 10.1. The summed E-state index contributed by atoms with van der Waals surface area (Å²) in [4.78, 5) is 0. The monoisotopic (exact) mass is 288 g/mol. The number of aliphatic hydroxyl groups is 1. The van der Waals surface area contributed by atoms with Crippen molar-refractivity contribution >= 4 is 0 Å². The van der Waals surface area contributed by atoms with Gasteiger partial charge in [-0.3, -0.25) is 0 Å². The van der Waals surface area contributed by atoms with E-state index >= 15 is 0 Å². The summed E-state index contributed by atoms with van der Waals surface area (Å²) < 4.78 is 0. The number of benzene rings is 1. The molecule has 3 atom stereocenters. The maximum absolute atomic E-state index is 11.4. The van der Waals surface area contributed by atoms with Crippen LogP contribution in [0.1, 0.15) is 37.3 Å². The van der Waals surface area contributed by atoms with Gasteiger partial charge in [0.05, 0.1) is 5.60 Å². The van der Waals surface area contributed by atoms with Crippen molar-refractivity contribution in [1.29, 1.82) is 0 Å². The Hall–Kier alpha value is -0.900. The molecule has 0 radical (unpaired) electrons. The van der Waals surface area contributed by atoms with Crippen molar-refractivity contribution in [2.75, 3.05) is 19.6 Å². The molecule has 21 heavy (non-hydrogen) atoms. The second-order valence-electron chi connectivity index (χ2n) is 7.12. The lowest BCUT2D eigenvalue weighted by atomic mass is 9.58. The highest BCUT2D eigenvalue weighted by Gasteiger charge is 2.51. The topological polar surface area (TPSA) is 58.3 Å². The van der Waals surface area contributed by atoms with Crippen molar-refractivity contribution in [1.82, 2.24) is 5.32 Å². The summed E-state index contributed by atoms with van der Waals surface area (Å²) in [6.45, 7) is 4.58. The quantitative estimate of drug-likeness (QED) is 0.796. The molecule has 0 bridgehead atoms. The van der Waals surface area contributed by atoms with Gasteiger partial charge >= 0.3 is 0 Å². The van der Waals surface area contributed by atoms with Crippen LogP contribution >= 0.6 is 0 Å². The minimum atomic E-state index is -0.706. The Kier molecular flexibility index (Phi) is 4.08. The number of fused-ring (bicyclic) bond motifs is 1. The van der Waals surface area contributed by atoms with Gasteiger partial charge in [-0.05, 0) is 56.7 Å². The molecule has 1 aromatic rings. The summed E-state index contributed by atoms with van der Waals surface area (Å²) in [5.41, 5.74) is 8.12. The Morgan fingerprint density at radius 1 is 1.38 bits per heavy atom. The molecule has 0 amide bonds. The number of rotatable bonds is 3. The standard InChI is InChI=1S/C18H28N2O/c1-17(21,16-7-4-10-20-12-16)18(13-19)9-8-14-5-2-3-6-15(14)11-18/h2-3,5-6,16,20-21H,4,7-13,19H2,1H3. The maximum atomic E-state index is 11.4. The first-order valence-electron chi connectivity index (χ1n) is 8.29. The van der Waals surface area contributed by atoms with E-state index in [1.807, 2.05) is 6.92 Å². The van der Waals surface area contributed by atoms with Gasteiger partial charge in [0.25, 0.3) is 0 Å². The molecule has 2 aliphatic rings. The highest BCUT2D eigenvalue weighted by molar-refractivity contribution is 5.32. The molecule has 1 fully saturated rings. The van der Waals surface area contributed by atoms with Gasteiger partial charge in [0.1, 0.15) is 0 Å². The van der Waals surface area contributed by atoms with E-state index in [1.54, 1.807) is 0 Å². The van der Waals surface area contributed by atoms with E-state index in [9.17, 15) is 5.11 Å². The van der Waals surface area contributed by atoms with Gasteiger partial charge in [-0.2, -0.15) is 0 Å². The van der Waals surface area contributed by atoms with Crippen LogP contribution in [0.2, 0.25) is 0 Å². The zero-order valence-electron chi connectivity index (χ0n) is 13.1. The highest BCUT2D eigenvalue weighted by atomic mass is 16.3. The number of aryl methyl sites for hydroxylation is 1. The molecule has 1 aliphatic carbocycles. The molecule has 1 heterocycles. The van der Waals surface area contributed by atoms with Gasteiger partial charge in [0.2, 0.25) is 0 Å². The third-order valence-electron chi connectivity index (χ3n) is 6.08. The molecule has 1 saturated heterocycles. The number of nitrogens with one attached hydrogen (secondary N) is 1. The smallest absolute Gasteiger partial charge is 0.0731 e. The van der Waals surface area contributed by atoms with Gasteiger partial charge in [0.15, 0.2) is 0 Å². The van der Waals surface area contributed by atoms with Crippen LogP contribution in [0.4, 0.5) is 0 Å². The maximum Gasteiger partial charge on any atom is 0.0731 e. The molecule has 0 aromatic heterocycles. The zero-order chi connectivity index (χ0) is 14.9. The minimum absolute atomic E-state index is 0.189. The molecule has 116 valence electrons. The average Bonchev–Trinajstić information content (AvgIpc) is 2.55. The molecule has 0 spiro atoms. The van der Waals surface area contributed by atoms with E-state index in [2.05, 4.69) is 29.6 Å². The summed E-state index contributed by atoms with van der Waals surface area (Å²) in [5, 5.41) is 14.9. The summed E-state index contributed by atoms with van der Waals surface area (Å²) >= 11 is 0. The summed E-state index contributed by atoms with van der Waals surface area (Å²) in [6.07, 6.45) is 5.18. The molecule has 3 heteroatoms. The molecule has 0 saturated carbocycles. The predicted octanol–water partition coefficient (Wildman–Crippen LogP) is 1.87. The van der Waals surface area contributed by atoms with Crippen LogP contribution in [-0.2, 0) is 12.8 Å². The molecule has 1 aromatic carbocycles. The Bertz CT molecular complexity index is 494. The van der Waals surface area contributed by atoms with Gasteiger partial charge < -0.3 is 16.2 Å². The van der Waals surface area contributed by atoms with Crippen LogP contribution in [0.3, 0.4) is 0 Å². The number of piperidine rings is 1.